The molecule has 0 radical (unpaired) electrons. The molecule has 29 heavy (non-hydrogen) atoms. The molecule has 0 aliphatic heterocycles. The van der Waals surface area contributed by atoms with Crippen LogP contribution >= 0.6 is 0 Å². The van der Waals surface area contributed by atoms with Crippen molar-refractivity contribution in [2.24, 2.45) is 29.1 Å². The summed E-state index contributed by atoms with van der Waals surface area (Å²) in [6.45, 7) is 0.610. The van der Waals surface area contributed by atoms with Crippen LogP contribution in [0.25, 0.3) is 0 Å². The zero-order chi connectivity index (χ0) is 19.8. The average molecular weight is 393 g/mol. The lowest BCUT2D eigenvalue weighted by atomic mass is 9.52. The third-order valence-corrected chi connectivity index (χ3v) is 8.54. The summed E-state index contributed by atoms with van der Waals surface area (Å²) in [6.07, 6.45) is 12.7. The Hall–Kier alpha value is -1.90. The van der Waals surface area contributed by atoms with Crippen molar-refractivity contribution in [3.63, 3.8) is 0 Å². The maximum Gasteiger partial charge on any atom is 0.310 e. The first kappa shape index (κ1) is 19.1. The van der Waals surface area contributed by atoms with Crippen molar-refractivity contribution in [1.82, 2.24) is 0 Å². The summed E-state index contributed by atoms with van der Waals surface area (Å²) >= 11 is 0. The van der Waals surface area contributed by atoms with Gasteiger partial charge in [-0.15, -0.1) is 0 Å². The Kier molecular flexibility index (Phi) is 5.09. The van der Waals surface area contributed by atoms with E-state index in [1.807, 2.05) is 36.4 Å². The lowest BCUT2D eigenvalue weighted by Gasteiger charge is -2.53. The number of benzene rings is 1. The molecule has 0 saturated heterocycles. The van der Waals surface area contributed by atoms with Gasteiger partial charge in [-0.2, -0.15) is 0 Å². The molecular formula is C26H32O3. The van der Waals surface area contributed by atoms with Gasteiger partial charge in [0.05, 0.1) is 13.0 Å². The van der Waals surface area contributed by atoms with Crippen molar-refractivity contribution >= 4 is 11.8 Å². The van der Waals surface area contributed by atoms with E-state index in [4.69, 9.17) is 4.74 Å². The van der Waals surface area contributed by atoms with E-state index in [-0.39, 0.29) is 11.4 Å². The molecule has 5 atom stereocenters. The summed E-state index contributed by atoms with van der Waals surface area (Å²) in [5, 5.41) is 0. The standard InChI is InChI=1S/C26H32O3/c27-20-9-11-21-19(16-20)8-10-23-22(21)12-14-26(13-4-7-24(23)26)17-29-25(28)15-18-5-2-1-3-6-18/h1-3,5-6,16,21-24H,4,7-15,17H2/t21-,22+,23+,24-,26-/m0/s1. The second-order valence-corrected chi connectivity index (χ2v) is 9.92. The van der Waals surface area contributed by atoms with Gasteiger partial charge in [-0.25, -0.2) is 0 Å². The topological polar surface area (TPSA) is 43.4 Å². The molecule has 1 aromatic carbocycles. The highest BCUT2D eigenvalue weighted by Gasteiger charge is 2.55. The molecule has 0 unspecified atom stereocenters. The molecule has 0 amide bonds. The highest BCUT2D eigenvalue weighted by atomic mass is 16.5. The Labute approximate surface area is 173 Å². The van der Waals surface area contributed by atoms with Crippen molar-refractivity contribution in [1.29, 1.82) is 0 Å². The predicted molar refractivity (Wildman–Crippen MR) is 112 cm³/mol. The fourth-order valence-electron chi connectivity index (χ4n) is 7.26. The number of carbonyl (C=O) groups excluding carboxylic acids is 2. The first-order chi connectivity index (χ1) is 14.1. The molecule has 0 spiro atoms. The largest absolute Gasteiger partial charge is 0.465 e. The van der Waals surface area contributed by atoms with E-state index >= 15 is 0 Å². The van der Waals surface area contributed by atoms with Gasteiger partial charge < -0.3 is 4.74 Å². The fraction of sp³-hybridized carbons (Fsp3) is 0.615. The quantitative estimate of drug-likeness (QED) is 0.655. The maximum atomic E-state index is 12.5. The second-order valence-electron chi connectivity index (χ2n) is 9.92. The van der Waals surface area contributed by atoms with E-state index in [2.05, 4.69) is 0 Å². The summed E-state index contributed by atoms with van der Waals surface area (Å²) in [5.74, 6) is 3.11. The van der Waals surface area contributed by atoms with Crippen LogP contribution < -0.4 is 0 Å². The van der Waals surface area contributed by atoms with E-state index in [0.717, 1.165) is 36.7 Å². The lowest BCUT2D eigenvalue weighted by Crippen LogP contribution is -2.47. The van der Waals surface area contributed by atoms with Gasteiger partial charge in [-0.05, 0) is 80.3 Å². The molecule has 154 valence electrons. The summed E-state index contributed by atoms with van der Waals surface area (Å²) in [4.78, 5) is 24.3. The molecule has 4 aliphatic rings. The third-order valence-electron chi connectivity index (χ3n) is 8.54. The van der Waals surface area contributed by atoms with E-state index in [1.54, 1.807) is 0 Å². The summed E-state index contributed by atoms with van der Waals surface area (Å²) in [5.41, 5.74) is 2.68. The Morgan fingerprint density at radius 1 is 1.00 bits per heavy atom. The second kappa shape index (κ2) is 7.74. The number of rotatable bonds is 4. The first-order valence-corrected chi connectivity index (χ1v) is 11.6. The zero-order valence-corrected chi connectivity index (χ0v) is 17.3. The van der Waals surface area contributed by atoms with Gasteiger partial charge in [0.2, 0.25) is 0 Å². The Morgan fingerprint density at radius 3 is 2.72 bits per heavy atom. The van der Waals surface area contributed by atoms with Gasteiger partial charge in [0.25, 0.3) is 0 Å². The van der Waals surface area contributed by atoms with Crippen LogP contribution in [0, 0.1) is 29.1 Å². The maximum absolute atomic E-state index is 12.5. The Morgan fingerprint density at radius 2 is 1.86 bits per heavy atom. The van der Waals surface area contributed by atoms with Crippen LogP contribution in [0.4, 0.5) is 0 Å². The van der Waals surface area contributed by atoms with Crippen LogP contribution in [0.15, 0.2) is 42.0 Å². The molecule has 3 heteroatoms. The minimum atomic E-state index is -0.0852. The minimum Gasteiger partial charge on any atom is -0.465 e. The SMILES string of the molecule is O=C1C=C2CC[C@@H]3[C@H](CC[C@]4(COC(=O)Cc5ccccc5)CCC[C@@H]34)[C@H]2CC1. The zero-order valence-electron chi connectivity index (χ0n) is 17.3. The molecule has 1 aromatic rings. The van der Waals surface area contributed by atoms with Crippen molar-refractivity contribution < 1.29 is 14.3 Å². The smallest absolute Gasteiger partial charge is 0.310 e. The number of allylic oxidation sites excluding steroid dienone is 1. The van der Waals surface area contributed by atoms with Gasteiger partial charge in [0, 0.05) is 11.8 Å². The normalized spacial score (nSPS) is 35.9. The summed E-state index contributed by atoms with van der Waals surface area (Å²) < 4.78 is 5.90. The summed E-state index contributed by atoms with van der Waals surface area (Å²) in [7, 11) is 0. The number of carbonyl (C=O) groups is 2. The number of ether oxygens (including phenoxy) is 1. The van der Waals surface area contributed by atoms with Crippen LogP contribution in [0.3, 0.4) is 0 Å². The monoisotopic (exact) mass is 392 g/mol. The van der Waals surface area contributed by atoms with E-state index in [0.29, 0.717) is 30.6 Å². The minimum absolute atomic E-state index is 0.0852. The molecule has 3 fully saturated rings. The van der Waals surface area contributed by atoms with Crippen molar-refractivity contribution in [3.05, 3.63) is 47.5 Å². The van der Waals surface area contributed by atoms with Gasteiger partial charge in [0.1, 0.15) is 0 Å². The van der Waals surface area contributed by atoms with Gasteiger partial charge in [-0.3, -0.25) is 9.59 Å². The van der Waals surface area contributed by atoms with Crippen molar-refractivity contribution in [2.45, 2.75) is 64.2 Å². The molecule has 0 heterocycles. The molecule has 4 aliphatic carbocycles. The van der Waals surface area contributed by atoms with Crippen LogP contribution in [0.2, 0.25) is 0 Å². The van der Waals surface area contributed by atoms with E-state index < -0.39 is 0 Å². The Balaban J connectivity index is 1.26. The first-order valence-electron chi connectivity index (χ1n) is 11.6. The predicted octanol–water partition coefficient (Wildman–Crippen LogP) is 5.28. The molecule has 0 N–H and O–H groups in total. The molecule has 5 rings (SSSR count). The highest BCUT2D eigenvalue weighted by molar-refractivity contribution is 5.91. The van der Waals surface area contributed by atoms with E-state index in [9.17, 15) is 9.59 Å². The average Bonchev–Trinajstić information content (AvgIpc) is 3.17. The molecule has 0 aromatic heterocycles. The number of fused-ring (bicyclic) bond motifs is 5. The van der Waals surface area contributed by atoms with Gasteiger partial charge in [-0.1, -0.05) is 42.3 Å². The Bertz CT molecular complexity index is 811. The number of hydrogen-bond donors (Lipinski definition) is 0. The van der Waals surface area contributed by atoms with Crippen molar-refractivity contribution in [2.75, 3.05) is 6.61 Å². The summed E-state index contributed by atoms with van der Waals surface area (Å²) in [6, 6.07) is 9.90. The number of hydrogen-bond acceptors (Lipinski definition) is 3. The van der Waals surface area contributed by atoms with Crippen LogP contribution in [-0.2, 0) is 20.7 Å². The third kappa shape index (κ3) is 3.58. The molecule has 3 nitrogen and oxygen atoms in total. The number of ketones is 1. The van der Waals surface area contributed by atoms with Gasteiger partial charge >= 0.3 is 5.97 Å². The fourth-order valence-corrected chi connectivity index (χ4v) is 7.26. The van der Waals surface area contributed by atoms with Crippen LogP contribution in [-0.4, -0.2) is 18.4 Å². The highest BCUT2D eigenvalue weighted by Crippen LogP contribution is 2.62. The van der Waals surface area contributed by atoms with Crippen LogP contribution in [0.1, 0.15) is 63.4 Å². The van der Waals surface area contributed by atoms with E-state index in [1.165, 1.54) is 44.1 Å². The molecular weight excluding hydrogens is 360 g/mol. The molecule has 0 bridgehead atoms. The van der Waals surface area contributed by atoms with Crippen molar-refractivity contribution in [3.8, 4) is 0 Å². The molecule has 3 saturated carbocycles. The lowest BCUT2D eigenvalue weighted by molar-refractivity contribution is -0.150. The van der Waals surface area contributed by atoms with Crippen LogP contribution in [0.5, 0.6) is 0 Å². The van der Waals surface area contributed by atoms with Gasteiger partial charge in [0.15, 0.2) is 5.78 Å². The number of esters is 1.